The number of carbonyl (C=O) groups is 2. The van der Waals surface area contributed by atoms with Crippen LogP contribution in [0.4, 0.5) is 15.8 Å². The Kier molecular flexibility index (Phi) is 6.08. The number of carbonyl (C=O) groups excluding carboxylic acids is 2. The largest absolute Gasteiger partial charge is 0.494 e. The van der Waals surface area contributed by atoms with Gasteiger partial charge in [0.15, 0.2) is 5.17 Å². The molecule has 0 saturated carbocycles. The third-order valence-electron chi connectivity index (χ3n) is 3.67. The van der Waals surface area contributed by atoms with Gasteiger partial charge in [0.1, 0.15) is 16.8 Å². The van der Waals surface area contributed by atoms with Gasteiger partial charge in [-0.05, 0) is 43.3 Å². The summed E-state index contributed by atoms with van der Waals surface area (Å²) >= 11 is 1.17. The number of hydrogen-bond donors (Lipinski definition) is 2. The first-order valence-corrected chi connectivity index (χ1v) is 9.26. The lowest BCUT2D eigenvalue weighted by Crippen LogP contribution is -2.28. The zero-order valence-corrected chi connectivity index (χ0v) is 15.4. The Balaban J connectivity index is 1.59. The van der Waals surface area contributed by atoms with Gasteiger partial charge in [0.2, 0.25) is 11.8 Å². The summed E-state index contributed by atoms with van der Waals surface area (Å²) in [6.45, 7) is 2.48. The smallest absolute Gasteiger partial charge is 0.240 e. The Labute approximate surface area is 160 Å². The topological polar surface area (TPSA) is 79.8 Å². The van der Waals surface area contributed by atoms with E-state index < -0.39 is 17.0 Å². The number of ether oxygens (including phenoxy) is 1. The van der Waals surface area contributed by atoms with E-state index in [4.69, 9.17) is 4.74 Å². The molecule has 1 atom stereocenters. The van der Waals surface area contributed by atoms with Crippen LogP contribution < -0.4 is 15.4 Å². The highest BCUT2D eigenvalue weighted by molar-refractivity contribution is 8.15. The number of thioether (sulfide) groups is 1. The molecule has 2 amide bonds. The van der Waals surface area contributed by atoms with E-state index in [0.717, 1.165) is 5.75 Å². The van der Waals surface area contributed by atoms with Crippen LogP contribution in [0.2, 0.25) is 0 Å². The second-order valence-corrected chi connectivity index (χ2v) is 6.86. The first-order valence-electron chi connectivity index (χ1n) is 8.38. The molecule has 0 spiro atoms. The highest BCUT2D eigenvalue weighted by Crippen LogP contribution is 2.26. The van der Waals surface area contributed by atoms with Crippen molar-refractivity contribution in [3.05, 3.63) is 54.3 Å². The Morgan fingerprint density at radius 3 is 2.70 bits per heavy atom. The van der Waals surface area contributed by atoms with Crippen LogP contribution in [-0.2, 0) is 9.59 Å². The molecule has 6 nitrogen and oxygen atoms in total. The van der Waals surface area contributed by atoms with Crippen molar-refractivity contribution in [2.45, 2.75) is 18.6 Å². The van der Waals surface area contributed by atoms with Gasteiger partial charge < -0.3 is 15.4 Å². The molecule has 0 bridgehead atoms. The fraction of sp³-hybridized carbons (Fsp3) is 0.211. The second kappa shape index (κ2) is 8.68. The van der Waals surface area contributed by atoms with E-state index in [2.05, 4.69) is 15.6 Å². The van der Waals surface area contributed by atoms with Gasteiger partial charge in [0.25, 0.3) is 0 Å². The molecule has 0 radical (unpaired) electrons. The molecule has 140 valence electrons. The van der Waals surface area contributed by atoms with Crippen molar-refractivity contribution in [3.8, 4) is 5.75 Å². The summed E-state index contributed by atoms with van der Waals surface area (Å²) < 4.78 is 19.0. The van der Waals surface area contributed by atoms with Crippen LogP contribution in [0.25, 0.3) is 0 Å². The number of benzene rings is 2. The number of nitrogens with one attached hydrogen (secondary N) is 2. The number of anilines is 1. The van der Waals surface area contributed by atoms with Gasteiger partial charge >= 0.3 is 0 Å². The lowest BCUT2D eigenvalue weighted by Gasteiger charge is -2.08. The summed E-state index contributed by atoms with van der Waals surface area (Å²) in [5.41, 5.74) is 0.756. The van der Waals surface area contributed by atoms with Crippen molar-refractivity contribution in [3.63, 3.8) is 0 Å². The molecule has 0 unspecified atom stereocenters. The summed E-state index contributed by atoms with van der Waals surface area (Å²) in [4.78, 5) is 28.6. The number of amidine groups is 1. The fourth-order valence-electron chi connectivity index (χ4n) is 2.43. The van der Waals surface area contributed by atoms with Crippen LogP contribution in [0.15, 0.2) is 53.5 Å². The van der Waals surface area contributed by atoms with E-state index in [1.807, 2.05) is 6.92 Å². The number of amides is 2. The Morgan fingerprint density at radius 2 is 2.00 bits per heavy atom. The molecule has 8 heteroatoms. The average Bonchev–Trinajstić information content (AvgIpc) is 2.98. The lowest BCUT2D eigenvalue weighted by molar-refractivity contribution is -0.122. The highest BCUT2D eigenvalue weighted by Gasteiger charge is 2.32. The van der Waals surface area contributed by atoms with Crippen LogP contribution in [0, 0.1) is 5.82 Å². The van der Waals surface area contributed by atoms with Crippen molar-refractivity contribution in [2.24, 2.45) is 4.99 Å². The molecule has 1 aliphatic heterocycles. The number of nitrogens with zero attached hydrogens (tertiary/aromatic N) is 1. The number of rotatable bonds is 6. The minimum absolute atomic E-state index is 0.0763. The van der Waals surface area contributed by atoms with Gasteiger partial charge in [-0.25, -0.2) is 9.38 Å². The molecule has 1 aliphatic rings. The van der Waals surface area contributed by atoms with Gasteiger partial charge in [-0.2, -0.15) is 0 Å². The maximum Gasteiger partial charge on any atom is 0.240 e. The van der Waals surface area contributed by atoms with E-state index in [-0.39, 0.29) is 18.0 Å². The van der Waals surface area contributed by atoms with Crippen molar-refractivity contribution in [2.75, 3.05) is 11.9 Å². The summed E-state index contributed by atoms with van der Waals surface area (Å²) in [5, 5.41) is 4.95. The predicted octanol–water partition coefficient (Wildman–Crippen LogP) is 3.47. The molecule has 1 heterocycles. The molecule has 1 saturated heterocycles. The quantitative estimate of drug-likeness (QED) is 0.795. The summed E-state index contributed by atoms with van der Waals surface area (Å²) in [6, 6.07) is 13.0. The minimum Gasteiger partial charge on any atom is -0.494 e. The summed E-state index contributed by atoms with van der Waals surface area (Å²) in [7, 11) is 0. The third kappa shape index (κ3) is 5.07. The number of aliphatic imine (C=N–C) groups is 1. The molecule has 0 aliphatic carbocycles. The second-order valence-electron chi connectivity index (χ2n) is 5.67. The van der Waals surface area contributed by atoms with Crippen LogP contribution in [-0.4, -0.2) is 28.8 Å². The zero-order chi connectivity index (χ0) is 19.2. The van der Waals surface area contributed by atoms with Crippen molar-refractivity contribution >= 4 is 40.1 Å². The Morgan fingerprint density at radius 1 is 1.26 bits per heavy atom. The number of para-hydroxylation sites is 1. The lowest BCUT2D eigenvalue weighted by atomic mass is 10.2. The molecule has 2 N–H and O–H groups in total. The molecule has 3 rings (SSSR count). The molecule has 27 heavy (non-hydrogen) atoms. The Hall–Kier alpha value is -2.87. The van der Waals surface area contributed by atoms with Crippen LogP contribution in [0.5, 0.6) is 5.75 Å². The van der Waals surface area contributed by atoms with Crippen LogP contribution in [0.1, 0.15) is 13.3 Å². The highest BCUT2D eigenvalue weighted by atomic mass is 32.2. The van der Waals surface area contributed by atoms with E-state index in [1.165, 1.54) is 30.0 Å². The zero-order valence-electron chi connectivity index (χ0n) is 14.6. The van der Waals surface area contributed by atoms with E-state index in [9.17, 15) is 14.0 Å². The van der Waals surface area contributed by atoms with Gasteiger partial charge in [-0.3, -0.25) is 9.59 Å². The van der Waals surface area contributed by atoms with Crippen LogP contribution in [0.3, 0.4) is 0 Å². The van der Waals surface area contributed by atoms with Crippen molar-refractivity contribution in [1.82, 2.24) is 5.32 Å². The van der Waals surface area contributed by atoms with Gasteiger partial charge in [-0.15, -0.1) is 0 Å². The first-order chi connectivity index (χ1) is 13.0. The van der Waals surface area contributed by atoms with Gasteiger partial charge in [0, 0.05) is 6.42 Å². The molecule has 0 aromatic heterocycles. The van der Waals surface area contributed by atoms with Crippen molar-refractivity contribution < 1.29 is 18.7 Å². The number of halogens is 1. The summed E-state index contributed by atoms with van der Waals surface area (Å²) in [6.07, 6.45) is -0.0763. The average molecular weight is 387 g/mol. The van der Waals surface area contributed by atoms with E-state index in [1.54, 1.807) is 30.3 Å². The van der Waals surface area contributed by atoms with E-state index >= 15 is 0 Å². The normalized spacial score (nSPS) is 17.6. The minimum atomic E-state index is -0.613. The fourth-order valence-corrected chi connectivity index (χ4v) is 3.41. The molecule has 2 aromatic rings. The van der Waals surface area contributed by atoms with E-state index in [0.29, 0.717) is 17.5 Å². The van der Waals surface area contributed by atoms with Gasteiger partial charge in [-0.1, -0.05) is 23.9 Å². The molecular weight excluding hydrogens is 369 g/mol. The molecule has 2 aromatic carbocycles. The SMILES string of the molecule is CCOc1ccc(N=C2NC(=O)[C@H](CC(=O)Nc3ccccc3F)S2)cc1. The Bertz CT molecular complexity index is 871. The predicted molar refractivity (Wildman–Crippen MR) is 104 cm³/mol. The third-order valence-corrected chi connectivity index (χ3v) is 4.76. The van der Waals surface area contributed by atoms with Crippen molar-refractivity contribution in [1.29, 1.82) is 0 Å². The monoisotopic (exact) mass is 387 g/mol. The van der Waals surface area contributed by atoms with Crippen LogP contribution >= 0.6 is 11.8 Å². The summed E-state index contributed by atoms with van der Waals surface area (Å²) in [5.74, 6) is -0.511. The maximum atomic E-state index is 13.6. The molecular formula is C19H18FN3O3S. The number of hydrogen-bond acceptors (Lipinski definition) is 5. The standard InChI is InChI=1S/C19H18FN3O3S/c1-2-26-13-9-7-12(8-10-13)21-19-23-18(25)16(27-19)11-17(24)22-15-6-4-3-5-14(15)20/h3-10,16H,2,11H2,1H3,(H,22,24)(H,21,23,25)/t16-/m0/s1. The van der Waals surface area contributed by atoms with Gasteiger partial charge in [0.05, 0.1) is 18.0 Å². The maximum absolute atomic E-state index is 13.6. The first kappa shape index (κ1) is 18.9. The molecule has 1 fully saturated rings.